The first-order chi connectivity index (χ1) is 19.9. The van der Waals surface area contributed by atoms with E-state index in [2.05, 4.69) is 35.6 Å². The van der Waals surface area contributed by atoms with Crippen LogP contribution in [0.4, 0.5) is 0 Å². The first-order valence-electron chi connectivity index (χ1n) is 13.9. The zero-order chi connectivity index (χ0) is 29.0. The molecule has 0 aliphatic carbocycles. The number of piperazine rings is 1. The topological polar surface area (TPSA) is 106 Å². The molecule has 0 spiro atoms. The van der Waals surface area contributed by atoms with Crippen LogP contribution in [-0.4, -0.2) is 81.1 Å². The summed E-state index contributed by atoms with van der Waals surface area (Å²) in [4.78, 5) is 4.50. The molecular formula is C31H37N3O7. The van der Waals surface area contributed by atoms with Crippen LogP contribution in [0.15, 0.2) is 18.7 Å². The molecule has 0 saturated carbocycles. The van der Waals surface area contributed by atoms with E-state index in [0.717, 1.165) is 33.4 Å². The minimum atomic E-state index is -0.494. The molecule has 41 heavy (non-hydrogen) atoms. The third kappa shape index (κ3) is 3.98. The molecule has 2 bridgehead atoms. The third-order valence-corrected chi connectivity index (χ3v) is 9.09. The summed E-state index contributed by atoms with van der Waals surface area (Å²) >= 11 is 0. The normalized spacial score (nSPS) is 25.9. The summed E-state index contributed by atoms with van der Waals surface area (Å²) in [5, 5.41) is 21.6. The van der Waals surface area contributed by atoms with Crippen LogP contribution >= 0.6 is 0 Å². The summed E-state index contributed by atoms with van der Waals surface area (Å²) in [6.45, 7) is 8.11. The van der Waals surface area contributed by atoms with Crippen LogP contribution in [-0.2, 0) is 17.6 Å². The van der Waals surface area contributed by atoms with E-state index in [9.17, 15) is 10.4 Å². The number of likely N-dealkylation sites (N-methyl/N-ethyl adjacent to an activating group) is 1. The van der Waals surface area contributed by atoms with Crippen molar-refractivity contribution in [2.45, 2.75) is 56.9 Å². The van der Waals surface area contributed by atoms with Crippen LogP contribution in [0.25, 0.3) is 0 Å². The Morgan fingerprint density at radius 3 is 2.56 bits per heavy atom. The molecule has 4 aliphatic heterocycles. The average molecular weight is 564 g/mol. The van der Waals surface area contributed by atoms with Gasteiger partial charge in [-0.05, 0) is 44.9 Å². The molecule has 0 aromatic heterocycles. The van der Waals surface area contributed by atoms with E-state index in [1.807, 2.05) is 13.8 Å². The molecule has 1 saturated heterocycles. The summed E-state index contributed by atoms with van der Waals surface area (Å²) in [6, 6.07) is 3.36. The SMILES string of the molecule is C=CCOc1c(C)c2c(c3c1CC1[C@H]4c5c(cc(C)c(OC)c5OCOC)C[C@@H]([C@H](C#N)N1[C@H]3CO)N4C)OCO2. The Labute approximate surface area is 240 Å². The number of fused-ring (bicyclic) bond motifs is 9. The summed E-state index contributed by atoms with van der Waals surface area (Å²) < 4.78 is 35.6. The summed E-state index contributed by atoms with van der Waals surface area (Å²) in [6.07, 6.45) is 2.93. The maximum atomic E-state index is 11.0. The predicted octanol–water partition coefficient (Wildman–Crippen LogP) is 3.35. The number of hydrogen-bond acceptors (Lipinski definition) is 10. The second-order valence-electron chi connectivity index (χ2n) is 11.1. The number of methoxy groups -OCH3 is 2. The fourth-order valence-corrected chi connectivity index (χ4v) is 7.58. The van der Waals surface area contributed by atoms with Gasteiger partial charge in [0, 0.05) is 41.4 Å². The smallest absolute Gasteiger partial charge is 0.231 e. The summed E-state index contributed by atoms with van der Waals surface area (Å²) in [7, 11) is 5.32. The quantitative estimate of drug-likeness (QED) is 0.380. The molecule has 0 amide bonds. The molecule has 0 radical (unpaired) electrons. The largest absolute Gasteiger partial charge is 0.493 e. The first kappa shape index (κ1) is 27.7. The molecule has 4 aliphatic rings. The lowest BCUT2D eigenvalue weighted by Gasteiger charge is -2.59. The second kappa shape index (κ2) is 10.7. The van der Waals surface area contributed by atoms with Crippen molar-refractivity contribution in [2.24, 2.45) is 0 Å². The van der Waals surface area contributed by atoms with Crippen molar-refractivity contribution < 1.29 is 33.5 Å². The van der Waals surface area contributed by atoms with Crippen LogP contribution in [0.1, 0.15) is 45.5 Å². The number of rotatable bonds is 8. The third-order valence-electron chi connectivity index (χ3n) is 9.09. The minimum absolute atomic E-state index is 0.0750. The van der Waals surface area contributed by atoms with Crippen LogP contribution in [0.3, 0.4) is 0 Å². The van der Waals surface area contributed by atoms with Crippen molar-refractivity contribution in [3.05, 3.63) is 52.1 Å². The standard InChI is InChI=1S/C31H37N3O7/c1-7-8-38-28-17(3)29-31(41-15-40-29)25-19(28)11-21-26-24-18(9-16(2)27(37-6)30(24)39-14-36-5)10-20(33(26)4)22(12-32)34(21)23(25)13-35/h7,9,20-23,26,35H,1,8,10-11,13-15H2,2-6H3/t20-,21?,22-,23-,26-/m0/s1. The summed E-state index contributed by atoms with van der Waals surface area (Å²) in [5.41, 5.74) is 5.78. The Bertz CT molecular complexity index is 1420. The minimum Gasteiger partial charge on any atom is -0.493 e. The summed E-state index contributed by atoms with van der Waals surface area (Å²) in [5.74, 6) is 3.30. The van der Waals surface area contributed by atoms with E-state index < -0.39 is 12.1 Å². The Morgan fingerprint density at radius 1 is 1.10 bits per heavy atom. The molecule has 4 heterocycles. The zero-order valence-electron chi connectivity index (χ0n) is 24.2. The van der Waals surface area contributed by atoms with Crippen molar-refractivity contribution in [1.29, 1.82) is 5.26 Å². The average Bonchev–Trinajstić information content (AvgIpc) is 3.46. The Hall–Kier alpha value is -3.49. The highest BCUT2D eigenvalue weighted by molar-refractivity contribution is 5.66. The van der Waals surface area contributed by atoms with Crippen LogP contribution in [0.5, 0.6) is 28.7 Å². The molecule has 6 rings (SSSR count). The molecule has 218 valence electrons. The van der Waals surface area contributed by atoms with Gasteiger partial charge in [0.25, 0.3) is 0 Å². The highest BCUT2D eigenvalue weighted by Gasteiger charge is 2.56. The number of aliphatic hydroxyl groups excluding tert-OH is 1. The van der Waals surface area contributed by atoms with E-state index in [1.165, 1.54) is 0 Å². The molecule has 5 atom stereocenters. The molecule has 10 nitrogen and oxygen atoms in total. The van der Waals surface area contributed by atoms with Gasteiger partial charge in [0.15, 0.2) is 29.8 Å². The Kier molecular flexibility index (Phi) is 7.24. The van der Waals surface area contributed by atoms with Gasteiger partial charge in [-0.3, -0.25) is 9.80 Å². The van der Waals surface area contributed by atoms with Crippen molar-refractivity contribution in [3.63, 3.8) is 0 Å². The van der Waals surface area contributed by atoms with Crippen molar-refractivity contribution in [3.8, 4) is 34.8 Å². The van der Waals surface area contributed by atoms with Gasteiger partial charge in [-0.1, -0.05) is 18.7 Å². The second-order valence-corrected chi connectivity index (χ2v) is 11.1. The number of benzene rings is 2. The highest BCUT2D eigenvalue weighted by atomic mass is 16.7. The number of aryl methyl sites for hydroxylation is 1. The maximum absolute atomic E-state index is 11.0. The number of ether oxygens (including phenoxy) is 6. The van der Waals surface area contributed by atoms with Gasteiger partial charge in [-0.25, -0.2) is 0 Å². The van der Waals surface area contributed by atoms with Gasteiger partial charge in [-0.2, -0.15) is 5.26 Å². The Balaban J connectivity index is 1.60. The van der Waals surface area contributed by atoms with Crippen LogP contribution < -0.4 is 23.7 Å². The zero-order valence-corrected chi connectivity index (χ0v) is 24.2. The van der Waals surface area contributed by atoms with E-state index in [-0.39, 0.29) is 38.3 Å². The van der Waals surface area contributed by atoms with Gasteiger partial charge in [0.05, 0.1) is 31.9 Å². The van der Waals surface area contributed by atoms with E-state index in [0.29, 0.717) is 48.2 Å². The van der Waals surface area contributed by atoms with Crippen LogP contribution in [0, 0.1) is 25.2 Å². The van der Waals surface area contributed by atoms with Gasteiger partial charge >= 0.3 is 0 Å². The van der Waals surface area contributed by atoms with Crippen molar-refractivity contribution in [2.75, 3.05) is 48.1 Å². The number of hydrogen-bond donors (Lipinski definition) is 1. The van der Waals surface area contributed by atoms with E-state index in [1.54, 1.807) is 20.3 Å². The monoisotopic (exact) mass is 563 g/mol. The van der Waals surface area contributed by atoms with Crippen molar-refractivity contribution in [1.82, 2.24) is 9.80 Å². The van der Waals surface area contributed by atoms with Gasteiger partial charge in [-0.15, -0.1) is 0 Å². The van der Waals surface area contributed by atoms with Gasteiger partial charge in [0.2, 0.25) is 6.79 Å². The lowest BCUT2D eigenvalue weighted by atomic mass is 9.71. The Morgan fingerprint density at radius 2 is 1.88 bits per heavy atom. The molecular weight excluding hydrogens is 526 g/mol. The maximum Gasteiger partial charge on any atom is 0.231 e. The number of aliphatic hydroxyl groups is 1. The fraction of sp³-hybridized carbons (Fsp3) is 0.516. The fourth-order valence-electron chi connectivity index (χ4n) is 7.58. The molecule has 2 aromatic rings. The lowest BCUT2D eigenvalue weighted by molar-refractivity contribution is -0.0832. The predicted molar refractivity (Wildman–Crippen MR) is 150 cm³/mol. The number of nitrogens with zero attached hydrogens (tertiary/aromatic N) is 3. The molecule has 1 fully saturated rings. The molecule has 2 aromatic carbocycles. The molecule has 1 N–H and O–H groups in total. The van der Waals surface area contributed by atoms with Gasteiger partial charge < -0.3 is 33.5 Å². The van der Waals surface area contributed by atoms with E-state index >= 15 is 0 Å². The lowest BCUT2D eigenvalue weighted by Crippen LogP contribution is -2.68. The van der Waals surface area contributed by atoms with E-state index in [4.69, 9.17) is 28.4 Å². The number of nitriles is 1. The highest BCUT2D eigenvalue weighted by Crippen LogP contribution is 2.58. The first-order valence-corrected chi connectivity index (χ1v) is 13.9. The molecule has 1 unspecified atom stereocenters. The van der Waals surface area contributed by atoms with Crippen LogP contribution in [0.2, 0.25) is 0 Å². The van der Waals surface area contributed by atoms with Gasteiger partial charge in [0.1, 0.15) is 18.4 Å². The molecule has 10 heteroatoms. The van der Waals surface area contributed by atoms with Crippen molar-refractivity contribution >= 4 is 0 Å².